The van der Waals surface area contributed by atoms with Crippen molar-refractivity contribution in [1.29, 1.82) is 0 Å². The Kier molecular flexibility index (Phi) is 8.08. The fourth-order valence-electron chi connectivity index (χ4n) is 5.71. The smallest absolute Gasteiger partial charge is 0.475 e. The number of aromatic nitrogens is 1. The van der Waals surface area contributed by atoms with Crippen LogP contribution in [0.25, 0.3) is 0 Å². The Balaban J connectivity index is 0.000000426. The van der Waals surface area contributed by atoms with Gasteiger partial charge in [-0.05, 0) is 80.0 Å². The quantitative estimate of drug-likeness (QED) is 0.594. The molecule has 2 heterocycles. The summed E-state index contributed by atoms with van der Waals surface area (Å²) < 4.78 is 31.7. The van der Waals surface area contributed by atoms with Crippen LogP contribution in [0, 0.1) is 6.92 Å². The number of halogens is 3. The Morgan fingerprint density at radius 2 is 1.74 bits per heavy atom. The molecule has 204 valence electrons. The van der Waals surface area contributed by atoms with Crippen LogP contribution < -0.4 is 5.32 Å². The third-order valence-corrected chi connectivity index (χ3v) is 7.87. The molecule has 1 aromatic heterocycles. The normalized spacial score (nSPS) is 20.1. The summed E-state index contributed by atoms with van der Waals surface area (Å²) in [6.07, 6.45) is 1.87. The molecule has 38 heavy (non-hydrogen) atoms. The highest BCUT2D eigenvalue weighted by Crippen LogP contribution is 2.52. The van der Waals surface area contributed by atoms with E-state index in [1.54, 1.807) is 6.07 Å². The summed E-state index contributed by atoms with van der Waals surface area (Å²) in [5, 5.41) is 10.3. The number of likely N-dealkylation sites (tertiary alicyclic amines) is 1. The lowest BCUT2D eigenvalue weighted by Gasteiger charge is -2.40. The molecule has 1 aliphatic heterocycles. The number of carboxylic acids is 1. The Morgan fingerprint density at radius 1 is 1.08 bits per heavy atom. The molecule has 2 aromatic rings. The van der Waals surface area contributed by atoms with E-state index >= 15 is 0 Å². The van der Waals surface area contributed by atoms with E-state index in [9.17, 15) is 22.8 Å². The molecule has 1 aromatic carbocycles. The summed E-state index contributed by atoms with van der Waals surface area (Å²) in [6.45, 7) is 3.40. The molecule has 10 heteroatoms. The van der Waals surface area contributed by atoms with E-state index < -0.39 is 12.1 Å². The average molecular weight is 532 g/mol. The number of amides is 2. The highest BCUT2D eigenvalue weighted by Gasteiger charge is 2.46. The van der Waals surface area contributed by atoms with Crippen LogP contribution in [-0.2, 0) is 15.0 Å². The van der Waals surface area contributed by atoms with Crippen molar-refractivity contribution in [3.8, 4) is 0 Å². The van der Waals surface area contributed by atoms with Crippen molar-refractivity contribution >= 4 is 17.8 Å². The first-order valence-electron chi connectivity index (χ1n) is 12.9. The summed E-state index contributed by atoms with van der Waals surface area (Å²) >= 11 is 0. The van der Waals surface area contributed by atoms with Crippen molar-refractivity contribution in [3.05, 3.63) is 65.0 Å². The number of nitrogens with one attached hydrogen (secondary N) is 1. The van der Waals surface area contributed by atoms with E-state index in [1.807, 2.05) is 24.0 Å². The molecule has 0 radical (unpaired) electrons. The number of rotatable bonds is 4. The van der Waals surface area contributed by atoms with Gasteiger partial charge in [0.05, 0.1) is 0 Å². The van der Waals surface area contributed by atoms with Gasteiger partial charge in [0, 0.05) is 31.2 Å². The zero-order valence-corrected chi connectivity index (χ0v) is 21.3. The van der Waals surface area contributed by atoms with Crippen LogP contribution in [0.15, 0.2) is 42.5 Å². The van der Waals surface area contributed by atoms with Gasteiger partial charge in [-0.15, -0.1) is 0 Å². The molecule has 0 bridgehead atoms. The first kappa shape index (κ1) is 27.6. The second-order valence-electron chi connectivity index (χ2n) is 10.4. The number of carbonyl (C=O) groups is 3. The number of fused-ring (bicyclic) bond motifs is 2. The van der Waals surface area contributed by atoms with Crippen molar-refractivity contribution in [2.45, 2.75) is 75.4 Å². The Hall–Kier alpha value is -3.43. The van der Waals surface area contributed by atoms with Crippen LogP contribution >= 0.6 is 0 Å². The average Bonchev–Trinajstić information content (AvgIpc) is 3.14. The Morgan fingerprint density at radius 3 is 2.32 bits per heavy atom. The van der Waals surface area contributed by atoms with Gasteiger partial charge in [0.25, 0.3) is 5.91 Å². The zero-order chi connectivity index (χ0) is 27.5. The molecule has 1 spiro atoms. The summed E-state index contributed by atoms with van der Waals surface area (Å²) in [5.74, 6) is -2.26. The number of carboxylic acid groups (broad SMARTS) is 1. The lowest BCUT2D eigenvalue weighted by molar-refractivity contribution is -0.192. The maximum atomic E-state index is 13.0. The summed E-state index contributed by atoms with van der Waals surface area (Å²) in [5.41, 5.74) is 4.22. The number of piperidine rings is 1. The summed E-state index contributed by atoms with van der Waals surface area (Å²) in [7, 11) is 0. The predicted octanol–water partition coefficient (Wildman–Crippen LogP) is 4.74. The number of hydrogen-bond donors (Lipinski definition) is 2. The first-order valence-corrected chi connectivity index (χ1v) is 12.9. The van der Waals surface area contributed by atoms with Crippen molar-refractivity contribution in [1.82, 2.24) is 15.2 Å². The number of nitrogens with zero attached hydrogens (tertiary/aromatic N) is 2. The molecule has 2 N–H and O–H groups in total. The lowest BCUT2D eigenvalue weighted by Crippen LogP contribution is -2.44. The number of aliphatic carboxylic acids is 1. The maximum Gasteiger partial charge on any atom is 0.490 e. The molecule has 5 rings (SSSR count). The van der Waals surface area contributed by atoms with Crippen LogP contribution in [0.3, 0.4) is 0 Å². The second-order valence-corrected chi connectivity index (χ2v) is 10.4. The molecule has 2 amide bonds. The molecule has 2 fully saturated rings. The number of aryl methyl sites for hydroxylation is 1. The highest BCUT2D eigenvalue weighted by atomic mass is 19.4. The van der Waals surface area contributed by atoms with Gasteiger partial charge in [-0.2, -0.15) is 13.2 Å². The largest absolute Gasteiger partial charge is 0.490 e. The molecule has 2 aliphatic carbocycles. The molecule has 1 saturated heterocycles. The minimum Gasteiger partial charge on any atom is -0.475 e. The van der Waals surface area contributed by atoms with Crippen LogP contribution in [0.4, 0.5) is 13.2 Å². The molecular weight excluding hydrogens is 499 g/mol. The van der Waals surface area contributed by atoms with Crippen LogP contribution in [0.1, 0.15) is 78.2 Å². The van der Waals surface area contributed by atoms with E-state index in [0.717, 1.165) is 50.9 Å². The van der Waals surface area contributed by atoms with Gasteiger partial charge in [0.1, 0.15) is 5.69 Å². The van der Waals surface area contributed by atoms with Crippen molar-refractivity contribution < 1.29 is 32.7 Å². The third kappa shape index (κ3) is 6.16. The summed E-state index contributed by atoms with van der Waals surface area (Å²) in [4.78, 5) is 40.9. The van der Waals surface area contributed by atoms with E-state index in [-0.39, 0.29) is 23.1 Å². The van der Waals surface area contributed by atoms with Gasteiger partial charge in [-0.3, -0.25) is 9.59 Å². The molecule has 1 unspecified atom stereocenters. The minimum atomic E-state index is -5.08. The predicted molar refractivity (Wildman–Crippen MR) is 134 cm³/mol. The first-order chi connectivity index (χ1) is 18.0. The fraction of sp³-hybridized carbons (Fsp3) is 0.500. The van der Waals surface area contributed by atoms with Crippen LogP contribution in [0.2, 0.25) is 0 Å². The Labute approximate surface area is 219 Å². The lowest BCUT2D eigenvalue weighted by atomic mass is 9.73. The van der Waals surface area contributed by atoms with Gasteiger partial charge < -0.3 is 15.3 Å². The topological polar surface area (TPSA) is 99.6 Å². The van der Waals surface area contributed by atoms with E-state index in [0.29, 0.717) is 18.2 Å². The second kappa shape index (κ2) is 11.1. The van der Waals surface area contributed by atoms with Gasteiger partial charge in [-0.1, -0.05) is 30.3 Å². The Bertz CT molecular complexity index is 1190. The van der Waals surface area contributed by atoms with E-state index in [2.05, 4.69) is 34.6 Å². The maximum absolute atomic E-state index is 13.0. The number of carbonyl (C=O) groups excluding carboxylic acids is 2. The van der Waals surface area contributed by atoms with Gasteiger partial charge in [-0.25, -0.2) is 9.78 Å². The monoisotopic (exact) mass is 531 g/mol. The number of hydrogen-bond acceptors (Lipinski definition) is 4. The minimum absolute atomic E-state index is 0.0289. The molecule has 1 saturated carbocycles. The van der Waals surface area contributed by atoms with E-state index in [4.69, 9.17) is 9.90 Å². The molecule has 7 nitrogen and oxygen atoms in total. The van der Waals surface area contributed by atoms with Gasteiger partial charge in [0.2, 0.25) is 5.91 Å². The number of pyridine rings is 1. The van der Waals surface area contributed by atoms with Crippen molar-refractivity contribution in [2.24, 2.45) is 0 Å². The molecular formula is C28H32F3N3O4. The third-order valence-electron chi connectivity index (χ3n) is 7.87. The molecule has 1 atom stereocenters. The van der Waals surface area contributed by atoms with Crippen LogP contribution in [0.5, 0.6) is 0 Å². The standard InChI is InChI=1S/C26H31N3O2.C2HF3O2/c1-18-6-4-11-23(27-18)25(31)29-14-12-26(13-15-29)17-19(21-9-2-3-10-22(21)26)16-24(30)28-20-7-5-8-20;3-2(4,5)1(6)7/h2-4,6,9-11,19-20H,5,7-8,12-17H2,1H3,(H,28,30);(H,6,7). The SMILES string of the molecule is Cc1cccc(C(=O)N2CCC3(CC2)CC(CC(=O)NC2CCC2)c2ccccc23)n1.O=C(O)C(F)(F)F. The zero-order valence-electron chi connectivity index (χ0n) is 21.3. The van der Waals surface area contributed by atoms with Crippen molar-refractivity contribution in [3.63, 3.8) is 0 Å². The number of benzene rings is 1. The highest BCUT2D eigenvalue weighted by molar-refractivity contribution is 5.92. The van der Waals surface area contributed by atoms with Crippen molar-refractivity contribution in [2.75, 3.05) is 13.1 Å². The number of alkyl halides is 3. The van der Waals surface area contributed by atoms with Gasteiger partial charge >= 0.3 is 12.1 Å². The fourth-order valence-corrected chi connectivity index (χ4v) is 5.71. The van der Waals surface area contributed by atoms with Gasteiger partial charge in [0.15, 0.2) is 0 Å². The molecule has 3 aliphatic rings. The van der Waals surface area contributed by atoms with Crippen LogP contribution in [-0.4, -0.2) is 58.1 Å². The summed E-state index contributed by atoms with van der Waals surface area (Å²) in [6, 6.07) is 14.7. The van der Waals surface area contributed by atoms with E-state index in [1.165, 1.54) is 17.5 Å².